The number of hydrogen-bond donors (Lipinski definition) is 2. The molecule has 6 nitrogen and oxygen atoms in total. The first-order valence-electron chi connectivity index (χ1n) is 10.8. The second-order valence-electron chi connectivity index (χ2n) is 8.07. The number of carboxylic acids is 1. The molecule has 7 heteroatoms. The Balaban J connectivity index is 1.67. The van der Waals surface area contributed by atoms with Crippen LogP contribution in [0.1, 0.15) is 21.6 Å². The third kappa shape index (κ3) is 5.00. The maximum Gasteiger partial charge on any atom is 0.335 e. The molecule has 0 aliphatic rings. The molecule has 2 aromatic carbocycles. The number of aromatic carboxylic acids is 1. The Kier molecular flexibility index (Phi) is 6.75. The van der Waals surface area contributed by atoms with Gasteiger partial charge in [-0.1, -0.05) is 18.2 Å². The fraction of sp³-hybridized carbons (Fsp3) is 0.148. The number of thiophene rings is 1. The maximum absolute atomic E-state index is 11.2. The lowest BCUT2D eigenvalue weighted by molar-refractivity contribution is 0.0697. The number of nitrogens with zero attached hydrogens (tertiary/aromatic N) is 3. The standard InChI is InChI=1S/C27H26N4O2S/c1-5-6-22-17(2)28-26(30-25(22)29-20-11-7-19(8-12-20)27(32)33)24-16-15-23(34-24)18-9-13-21(14-10-18)31(3)4/h5,7-16H,1,6H2,2-4H3,(H,32,33)(H,28,29,30). The Bertz CT molecular complexity index is 1330. The van der Waals surface area contributed by atoms with Gasteiger partial charge in [-0.15, -0.1) is 17.9 Å². The van der Waals surface area contributed by atoms with Crippen LogP contribution in [0.4, 0.5) is 17.2 Å². The zero-order chi connectivity index (χ0) is 24.2. The molecule has 0 spiro atoms. The van der Waals surface area contributed by atoms with Gasteiger partial charge in [-0.3, -0.25) is 0 Å². The van der Waals surface area contributed by atoms with Crippen LogP contribution in [0.2, 0.25) is 0 Å². The lowest BCUT2D eigenvalue weighted by atomic mass is 10.1. The van der Waals surface area contributed by atoms with Crippen molar-refractivity contribution in [1.29, 1.82) is 0 Å². The van der Waals surface area contributed by atoms with Crippen LogP contribution < -0.4 is 10.2 Å². The summed E-state index contributed by atoms with van der Waals surface area (Å²) >= 11 is 1.65. The van der Waals surface area contributed by atoms with Crippen LogP contribution in [-0.2, 0) is 6.42 Å². The lowest BCUT2D eigenvalue weighted by Crippen LogP contribution is -2.07. The average Bonchev–Trinajstić information content (AvgIpc) is 3.32. The number of nitrogens with one attached hydrogen (secondary N) is 1. The topological polar surface area (TPSA) is 78.4 Å². The van der Waals surface area contributed by atoms with Crippen LogP contribution in [0, 0.1) is 6.92 Å². The minimum atomic E-state index is -0.955. The normalized spacial score (nSPS) is 10.7. The van der Waals surface area contributed by atoms with Gasteiger partial charge in [0.2, 0.25) is 0 Å². The zero-order valence-electron chi connectivity index (χ0n) is 19.4. The summed E-state index contributed by atoms with van der Waals surface area (Å²) in [5, 5.41) is 12.5. The highest BCUT2D eigenvalue weighted by atomic mass is 32.1. The van der Waals surface area contributed by atoms with E-state index in [1.165, 1.54) is 0 Å². The molecule has 172 valence electrons. The van der Waals surface area contributed by atoms with Gasteiger partial charge >= 0.3 is 5.97 Å². The molecule has 4 rings (SSSR count). The van der Waals surface area contributed by atoms with E-state index in [0.717, 1.165) is 37.9 Å². The third-order valence-electron chi connectivity index (χ3n) is 5.45. The highest BCUT2D eigenvalue weighted by Crippen LogP contribution is 2.35. The number of benzene rings is 2. The lowest BCUT2D eigenvalue weighted by Gasteiger charge is -2.14. The van der Waals surface area contributed by atoms with E-state index in [-0.39, 0.29) is 5.56 Å². The van der Waals surface area contributed by atoms with E-state index in [1.54, 1.807) is 35.6 Å². The van der Waals surface area contributed by atoms with Crippen molar-refractivity contribution in [3.63, 3.8) is 0 Å². The fourth-order valence-electron chi connectivity index (χ4n) is 3.57. The molecule has 0 atom stereocenters. The summed E-state index contributed by atoms with van der Waals surface area (Å²) in [6.07, 6.45) is 2.44. The minimum absolute atomic E-state index is 0.237. The van der Waals surface area contributed by atoms with Crippen molar-refractivity contribution in [3.05, 3.63) is 90.1 Å². The number of carbonyl (C=O) groups is 1. The van der Waals surface area contributed by atoms with E-state index in [2.05, 4.69) is 47.1 Å². The SMILES string of the molecule is C=CCc1c(C)nc(-c2ccc(-c3ccc(N(C)C)cc3)s2)nc1Nc1ccc(C(=O)O)cc1. The van der Waals surface area contributed by atoms with Crippen LogP contribution in [0.15, 0.2) is 73.3 Å². The molecule has 0 aliphatic carbocycles. The summed E-state index contributed by atoms with van der Waals surface area (Å²) in [5.74, 6) is 0.385. The zero-order valence-corrected chi connectivity index (χ0v) is 20.2. The van der Waals surface area contributed by atoms with Crippen molar-refractivity contribution in [2.75, 3.05) is 24.3 Å². The third-order valence-corrected chi connectivity index (χ3v) is 6.58. The van der Waals surface area contributed by atoms with E-state index in [0.29, 0.717) is 18.1 Å². The average molecular weight is 471 g/mol. The van der Waals surface area contributed by atoms with Crippen molar-refractivity contribution in [3.8, 4) is 21.1 Å². The van der Waals surface area contributed by atoms with E-state index in [9.17, 15) is 4.79 Å². The van der Waals surface area contributed by atoms with E-state index >= 15 is 0 Å². The summed E-state index contributed by atoms with van der Waals surface area (Å²) in [6, 6.07) is 19.2. The largest absolute Gasteiger partial charge is 0.478 e. The van der Waals surface area contributed by atoms with Gasteiger partial charge < -0.3 is 15.3 Å². The highest BCUT2D eigenvalue weighted by Gasteiger charge is 2.15. The molecule has 0 saturated heterocycles. The van der Waals surface area contributed by atoms with Crippen molar-refractivity contribution >= 4 is 34.5 Å². The molecule has 0 saturated carbocycles. The molecule has 34 heavy (non-hydrogen) atoms. The number of carboxylic acid groups (broad SMARTS) is 1. The highest BCUT2D eigenvalue weighted by molar-refractivity contribution is 7.18. The predicted octanol–water partition coefficient (Wildman–Crippen LogP) is 6.42. The van der Waals surface area contributed by atoms with Gasteiger partial charge in [0.15, 0.2) is 5.82 Å². The molecule has 2 aromatic heterocycles. The van der Waals surface area contributed by atoms with Gasteiger partial charge in [0, 0.05) is 41.6 Å². The van der Waals surface area contributed by atoms with Gasteiger partial charge in [-0.05, 0) is 67.4 Å². The molecule has 4 aromatic rings. The summed E-state index contributed by atoms with van der Waals surface area (Å²) in [5.41, 5.74) is 5.13. The Morgan fingerprint density at radius 2 is 1.71 bits per heavy atom. The quantitative estimate of drug-likeness (QED) is 0.290. The first-order chi connectivity index (χ1) is 16.4. The van der Waals surface area contributed by atoms with Gasteiger partial charge in [0.1, 0.15) is 5.82 Å². The minimum Gasteiger partial charge on any atom is -0.478 e. The van der Waals surface area contributed by atoms with Gasteiger partial charge in [-0.25, -0.2) is 14.8 Å². The number of rotatable bonds is 8. The van der Waals surface area contributed by atoms with Crippen molar-refractivity contribution in [1.82, 2.24) is 9.97 Å². The molecular formula is C27H26N4O2S. The van der Waals surface area contributed by atoms with Crippen molar-refractivity contribution in [2.45, 2.75) is 13.3 Å². The molecule has 0 fully saturated rings. The van der Waals surface area contributed by atoms with Crippen LogP contribution in [0.3, 0.4) is 0 Å². The molecule has 0 bridgehead atoms. The monoisotopic (exact) mass is 470 g/mol. The molecule has 0 radical (unpaired) electrons. The van der Waals surface area contributed by atoms with Gasteiger partial charge in [0.25, 0.3) is 0 Å². The Morgan fingerprint density at radius 1 is 1.03 bits per heavy atom. The Labute approximate surface area is 203 Å². The molecule has 0 aliphatic heterocycles. The van der Waals surface area contributed by atoms with Crippen LogP contribution in [0.25, 0.3) is 21.1 Å². The van der Waals surface area contributed by atoms with Crippen molar-refractivity contribution in [2.24, 2.45) is 0 Å². The number of aryl methyl sites for hydroxylation is 1. The van der Waals surface area contributed by atoms with Gasteiger partial charge in [-0.2, -0.15) is 0 Å². The van der Waals surface area contributed by atoms with E-state index in [4.69, 9.17) is 15.1 Å². The summed E-state index contributed by atoms with van der Waals surface area (Å²) in [6.45, 7) is 5.83. The second kappa shape index (κ2) is 9.89. The Morgan fingerprint density at radius 3 is 2.32 bits per heavy atom. The first-order valence-corrected chi connectivity index (χ1v) is 11.6. The molecule has 2 heterocycles. The summed E-state index contributed by atoms with van der Waals surface area (Å²) in [7, 11) is 4.06. The molecule has 2 N–H and O–H groups in total. The smallest absolute Gasteiger partial charge is 0.335 e. The number of allylic oxidation sites excluding steroid dienone is 1. The first kappa shape index (κ1) is 23.2. The van der Waals surface area contributed by atoms with Crippen molar-refractivity contribution < 1.29 is 9.90 Å². The molecular weight excluding hydrogens is 444 g/mol. The van der Waals surface area contributed by atoms with E-state index in [1.807, 2.05) is 33.2 Å². The van der Waals surface area contributed by atoms with Crippen LogP contribution in [-0.4, -0.2) is 35.1 Å². The predicted molar refractivity (Wildman–Crippen MR) is 140 cm³/mol. The van der Waals surface area contributed by atoms with Gasteiger partial charge in [0.05, 0.1) is 10.4 Å². The molecule has 0 unspecified atom stereocenters. The molecule has 0 amide bonds. The fourth-order valence-corrected chi connectivity index (χ4v) is 4.51. The summed E-state index contributed by atoms with van der Waals surface area (Å²) in [4.78, 5) is 25.0. The number of aromatic nitrogens is 2. The number of hydrogen-bond acceptors (Lipinski definition) is 6. The van der Waals surface area contributed by atoms with E-state index < -0.39 is 5.97 Å². The maximum atomic E-state index is 11.2. The second-order valence-corrected chi connectivity index (χ2v) is 9.15. The van der Waals surface area contributed by atoms with Crippen LogP contribution in [0.5, 0.6) is 0 Å². The number of anilines is 3. The Hall–Kier alpha value is -3.97. The summed E-state index contributed by atoms with van der Waals surface area (Å²) < 4.78 is 0. The van der Waals surface area contributed by atoms with Crippen LogP contribution >= 0.6 is 11.3 Å².